The molecule has 2 aromatic heterocycles. The highest BCUT2D eigenvalue weighted by Crippen LogP contribution is 2.32. The van der Waals surface area contributed by atoms with Crippen molar-refractivity contribution >= 4 is 34.4 Å². The van der Waals surface area contributed by atoms with Crippen LogP contribution in [0.4, 0.5) is 15.9 Å². The fourth-order valence-corrected chi connectivity index (χ4v) is 3.63. The third kappa shape index (κ3) is 4.73. The fraction of sp³-hybridized carbons (Fsp3) is 0.0952. The molecule has 9 heteroatoms. The molecule has 0 spiro atoms. The molecule has 2 heterocycles. The molecule has 0 atom stereocenters. The topological polar surface area (TPSA) is 80.2 Å². The van der Waals surface area contributed by atoms with Crippen molar-refractivity contribution in [2.24, 2.45) is 0 Å². The Labute approximate surface area is 181 Å². The van der Waals surface area contributed by atoms with Crippen molar-refractivity contribution in [3.8, 4) is 17.0 Å². The summed E-state index contributed by atoms with van der Waals surface area (Å²) in [5, 5.41) is 15.3. The highest BCUT2D eigenvalue weighted by Gasteiger charge is 2.12. The van der Waals surface area contributed by atoms with Gasteiger partial charge in [0.1, 0.15) is 35.3 Å². The maximum absolute atomic E-state index is 13.3. The first kappa shape index (κ1) is 20.2. The van der Waals surface area contributed by atoms with Crippen molar-refractivity contribution in [1.82, 2.24) is 15.0 Å². The van der Waals surface area contributed by atoms with E-state index in [1.807, 2.05) is 5.38 Å². The zero-order chi connectivity index (χ0) is 20.9. The highest BCUT2D eigenvalue weighted by atomic mass is 35.5. The summed E-state index contributed by atoms with van der Waals surface area (Å²) in [6.07, 6.45) is 3.09. The molecule has 152 valence electrons. The van der Waals surface area contributed by atoms with E-state index in [1.54, 1.807) is 36.5 Å². The monoisotopic (exact) mass is 442 g/mol. The first-order valence-electron chi connectivity index (χ1n) is 8.92. The van der Waals surface area contributed by atoms with Gasteiger partial charge >= 0.3 is 0 Å². The van der Waals surface area contributed by atoms with E-state index in [-0.39, 0.29) is 19.0 Å². The number of rotatable bonds is 7. The first-order valence-corrected chi connectivity index (χ1v) is 10.2. The molecule has 0 unspecified atom stereocenters. The predicted molar refractivity (Wildman–Crippen MR) is 115 cm³/mol. The minimum atomic E-state index is -0.311. The molecule has 0 radical (unpaired) electrons. The van der Waals surface area contributed by atoms with Gasteiger partial charge in [-0.25, -0.2) is 19.3 Å². The van der Waals surface area contributed by atoms with E-state index in [2.05, 4.69) is 20.3 Å². The second-order valence-corrected chi connectivity index (χ2v) is 7.61. The normalized spacial score (nSPS) is 10.8. The van der Waals surface area contributed by atoms with E-state index in [4.69, 9.17) is 16.3 Å². The van der Waals surface area contributed by atoms with E-state index in [9.17, 15) is 9.50 Å². The molecule has 4 aromatic rings. The number of aliphatic hydroxyl groups is 1. The van der Waals surface area contributed by atoms with E-state index in [0.717, 1.165) is 0 Å². The van der Waals surface area contributed by atoms with E-state index in [0.29, 0.717) is 44.1 Å². The molecular formula is C21H16ClFN4O2S. The standard InChI is InChI=1S/C21H16ClFN4O2S/c22-17-7-15(4-5-19(17)29-10-13-2-1-3-14(23)6-13)26-21-16(8-24-12-25-21)18-11-30-20(9-28)27-18/h1-8,11-12,28H,9-10H2,(H,24,25,26). The van der Waals surface area contributed by atoms with Crippen LogP contribution in [0.15, 0.2) is 60.4 Å². The first-order chi connectivity index (χ1) is 14.6. The van der Waals surface area contributed by atoms with Crippen molar-refractivity contribution in [2.75, 3.05) is 5.32 Å². The Balaban J connectivity index is 1.50. The Kier molecular flexibility index (Phi) is 6.18. The number of aromatic nitrogens is 3. The van der Waals surface area contributed by atoms with Crippen LogP contribution in [0.5, 0.6) is 5.75 Å². The van der Waals surface area contributed by atoms with Gasteiger partial charge in [0.2, 0.25) is 0 Å². The molecule has 30 heavy (non-hydrogen) atoms. The van der Waals surface area contributed by atoms with Crippen molar-refractivity contribution in [2.45, 2.75) is 13.2 Å². The number of hydrogen-bond donors (Lipinski definition) is 2. The van der Waals surface area contributed by atoms with E-state index >= 15 is 0 Å². The van der Waals surface area contributed by atoms with Gasteiger partial charge < -0.3 is 15.2 Å². The molecule has 0 saturated carbocycles. The Hall–Kier alpha value is -3.07. The number of hydrogen-bond acceptors (Lipinski definition) is 7. The largest absolute Gasteiger partial charge is 0.487 e. The summed E-state index contributed by atoms with van der Waals surface area (Å²) in [6, 6.07) is 11.5. The van der Waals surface area contributed by atoms with Crippen LogP contribution >= 0.6 is 22.9 Å². The van der Waals surface area contributed by atoms with Gasteiger partial charge in [0.05, 0.1) is 22.9 Å². The quantitative estimate of drug-likeness (QED) is 0.409. The Morgan fingerprint density at radius 1 is 1.20 bits per heavy atom. The average Bonchev–Trinajstić information content (AvgIpc) is 3.23. The van der Waals surface area contributed by atoms with Crippen molar-refractivity contribution in [1.29, 1.82) is 0 Å². The highest BCUT2D eigenvalue weighted by molar-refractivity contribution is 7.09. The SMILES string of the molecule is OCc1nc(-c2cncnc2Nc2ccc(OCc3cccc(F)c3)c(Cl)c2)cs1. The summed E-state index contributed by atoms with van der Waals surface area (Å²) in [5.74, 6) is 0.736. The van der Waals surface area contributed by atoms with Crippen LogP contribution in [0.2, 0.25) is 5.02 Å². The molecular weight excluding hydrogens is 427 g/mol. The van der Waals surface area contributed by atoms with Gasteiger partial charge in [-0.3, -0.25) is 0 Å². The fourth-order valence-electron chi connectivity index (χ4n) is 2.74. The molecule has 0 aliphatic heterocycles. The van der Waals surface area contributed by atoms with Crippen LogP contribution in [0.1, 0.15) is 10.6 Å². The van der Waals surface area contributed by atoms with Gasteiger partial charge in [0, 0.05) is 17.3 Å². The zero-order valence-corrected chi connectivity index (χ0v) is 17.1. The van der Waals surface area contributed by atoms with Crippen LogP contribution in [0, 0.1) is 5.82 Å². The van der Waals surface area contributed by atoms with Gasteiger partial charge in [-0.1, -0.05) is 23.7 Å². The van der Waals surface area contributed by atoms with Gasteiger partial charge in [-0.15, -0.1) is 11.3 Å². The molecule has 4 rings (SSSR count). The van der Waals surface area contributed by atoms with Gasteiger partial charge in [0.15, 0.2) is 0 Å². The minimum Gasteiger partial charge on any atom is -0.487 e. The lowest BCUT2D eigenvalue weighted by molar-refractivity contribution is 0.281. The smallest absolute Gasteiger partial charge is 0.143 e. The number of aliphatic hydroxyl groups excluding tert-OH is 1. The number of nitrogens with one attached hydrogen (secondary N) is 1. The van der Waals surface area contributed by atoms with Crippen LogP contribution < -0.4 is 10.1 Å². The Morgan fingerprint density at radius 2 is 2.10 bits per heavy atom. The van der Waals surface area contributed by atoms with Crippen molar-refractivity contribution in [3.05, 3.63) is 81.8 Å². The second kappa shape index (κ2) is 9.17. The summed E-state index contributed by atoms with van der Waals surface area (Å²) < 4.78 is 19.0. The summed E-state index contributed by atoms with van der Waals surface area (Å²) in [6.45, 7) is 0.0884. The number of halogens is 2. The molecule has 0 amide bonds. The van der Waals surface area contributed by atoms with Crippen molar-refractivity contribution in [3.63, 3.8) is 0 Å². The predicted octanol–water partition coefficient (Wildman–Crippen LogP) is 5.21. The van der Waals surface area contributed by atoms with E-state index in [1.165, 1.54) is 29.8 Å². The minimum absolute atomic E-state index is 0.117. The lowest BCUT2D eigenvalue weighted by atomic mass is 10.2. The Morgan fingerprint density at radius 3 is 2.87 bits per heavy atom. The number of anilines is 2. The molecule has 6 nitrogen and oxygen atoms in total. The molecule has 2 aromatic carbocycles. The van der Waals surface area contributed by atoms with Crippen LogP contribution in [0.3, 0.4) is 0 Å². The number of ether oxygens (including phenoxy) is 1. The summed E-state index contributed by atoms with van der Waals surface area (Å²) in [5.41, 5.74) is 2.80. The van der Waals surface area contributed by atoms with Crippen LogP contribution in [0.25, 0.3) is 11.3 Å². The number of nitrogens with zero attached hydrogens (tertiary/aromatic N) is 3. The lowest BCUT2D eigenvalue weighted by Crippen LogP contribution is -1.99. The van der Waals surface area contributed by atoms with Crippen LogP contribution in [-0.4, -0.2) is 20.1 Å². The molecule has 0 bridgehead atoms. The molecule has 2 N–H and O–H groups in total. The van der Waals surface area contributed by atoms with Gasteiger partial charge in [0.25, 0.3) is 0 Å². The Bertz CT molecular complexity index is 1170. The van der Waals surface area contributed by atoms with Crippen molar-refractivity contribution < 1.29 is 14.2 Å². The maximum Gasteiger partial charge on any atom is 0.143 e. The molecule has 0 saturated heterocycles. The lowest BCUT2D eigenvalue weighted by Gasteiger charge is -2.12. The number of thiazole rings is 1. The number of benzene rings is 2. The maximum atomic E-state index is 13.3. The van der Waals surface area contributed by atoms with E-state index < -0.39 is 0 Å². The molecule has 0 aliphatic carbocycles. The third-order valence-corrected chi connectivity index (χ3v) is 5.28. The van der Waals surface area contributed by atoms with Gasteiger partial charge in [-0.2, -0.15) is 0 Å². The molecule has 0 fully saturated rings. The summed E-state index contributed by atoms with van der Waals surface area (Å²) in [7, 11) is 0. The second-order valence-electron chi connectivity index (χ2n) is 6.26. The van der Waals surface area contributed by atoms with Crippen LogP contribution in [-0.2, 0) is 13.2 Å². The summed E-state index contributed by atoms with van der Waals surface area (Å²) >= 11 is 7.72. The third-order valence-electron chi connectivity index (χ3n) is 4.15. The average molecular weight is 443 g/mol. The molecule has 0 aliphatic rings. The zero-order valence-electron chi connectivity index (χ0n) is 15.5. The summed E-state index contributed by atoms with van der Waals surface area (Å²) in [4.78, 5) is 12.7. The van der Waals surface area contributed by atoms with Gasteiger partial charge in [-0.05, 0) is 35.9 Å².